The fourth-order valence-electron chi connectivity index (χ4n) is 4.29. The minimum atomic E-state index is -0.519. The molecular formula is C37H62N4O2. The number of carbonyl (C=O) groups excluding carboxylic acids is 2. The van der Waals surface area contributed by atoms with Gasteiger partial charge in [0.15, 0.2) is 0 Å². The van der Waals surface area contributed by atoms with Crippen LogP contribution in [0.5, 0.6) is 0 Å². The molecule has 1 heterocycles. The Hall–Kier alpha value is -3.12. The first-order valence-electron chi connectivity index (χ1n) is 16.3. The maximum absolute atomic E-state index is 12.5. The Balaban J connectivity index is 0.00000104. The molecule has 1 aliphatic heterocycles. The first kappa shape index (κ1) is 39.9. The average Bonchev–Trinajstić information content (AvgIpc) is 2.96. The summed E-state index contributed by atoms with van der Waals surface area (Å²) in [6.45, 7) is 24.2. The SMILES string of the molecule is C=C1CN[C@@H](C)CCc2ccccc2CC(C)CNC(=O)C(CC)NC(=O)CN1.CCC.CCC.Cc1cccc(C)c1. The Kier molecular flexibility index (Phi) is 22.6. The molecule has 3 rings (SSSR count). The normalized spacial score (nSPS) is 19.8. The van der Waals surface area contributed by atoms with E-state index in [1.54, 1.807) is 0 Å². The highest BCUT2D eigenvalue weighted by Crippen LogP contribution is 2.16. The number of benzene rings is 2. The van der Waals surface area contributed by atoms with Crippen molar-refractivity contribution in [3.05, 3.63) is 83.1 Å². The van der Waals surface area contributed by atoms with Gasteiger partial charge < -0.3 is 21.3 Å². The lowest BCUT2D eigenvalue weighted by atomic mass is 9.93. The van der Waals surface area contributed by atoms with Crippen LogP contribution in [0.15, 0.2) is 60.8 Å². The fraction of sp³-hybridized carbons (Fsp3) is 0.568. The number of amides is 2. The summed E-state index contributed by atoms with van der Waals surface area (Å²) < 4.78 is 0. The molecule has 0 fully saturated rings. The van der Waals surface area contributed by atoms with Crippen LogP contribution in [-0.4, -0.2) is 43.5 Å². The molecule has 3 atom stereocenters. The van der Waals surface area contributed by atoms with E-state index < -0.39 is 6.04 Å². The van der Waals surface area contributed by atoms with Gasteiger partial charge in [-0.2, -0.15) is 0 Å². The second kappa shape index (κ2) is 24.3. The number of fused-ring (bicyclic) bond motifs is 1. The van der Waals surface area contributed by atoms with E-state index in [0.29, 0.717) is 31.5 Å². The third-order valence-electron chi connectivity index (χ3n) is 6.55. The lowest BCUT2D eigenvalue weighted by Crippen LogP contribution is -2.49. The van der Waals surface area contributed by atoms with Crippen LogP contribution < -0.4 is 21.3 Å². The van der Waals surface area contributed by atoms with E-state index in [-0.39, 0.29) is 18.4 Å². The molecule has 2 aromatic carbocycles. The predicted molar refractivity (Wildman–Crippen MR) is 185 cm³/mol. The van der Waals surface area contributed by atoms with Gasteiger partial charge in [0, 0.05) is 24.8 Å². The number of rotatable bonds is 1. The van der Waals surface area contributed by atoms with Gasteiger partial charge in [-0.15, -0.1) is 0 Å². The van der Waals surface area contributed by atoms with Crippen LogP contribution in [0.25, 0.3) is 0 Å². The molecule has 4 N–H and O–H groups in total. The molecule has 43 heavy (non-hydrogen) atoms. The highest BCUT2D eigenvalue weighted by molar-refractivity contribution is 5.88. The molecular weight excluding hydrogens is 532 g/mol. The molecule has 6 nitrogen and oxygen atoms in total. The van der Waals surface area contributed by atoms with Crippen LogP contribution in [-0.2, 0) is 22.4 Å². The molecule has 0 aromatic heterocycles. The van der Waals surface area contributed by atoms with Crippen molar-refractivity contribution in [3.8, 4) is 0 Å². The number of hydrogen-bond donors (Lipinski definition) is 4. The van der Waals surface area contributed by atoms with Crippen LogP contribution in [0, 0.1) is 19.8 Å². The molecule has 0 saturated heterocycles. The smallest absolute Gasteiger partial charge is 0.242 e. The van der Waals surface area contributed by atoms with E-state index in [1.165, 1.54) is 35.1 Å². The van der Waals surface area contributed by atoms with Crippen molar-refractivity contribution in [1.82, 2.24) is 21.3 Å². The van der Waals surface area contributed by atoms with E-state index in [1.807, 2.05) is 6.92 Å². The molecule has 2 aromatic rings. The second-order valence-electron chi connectivity index (χ2n) is 11.7. The zero-order valence-corrected chi connectivity index (χ0v) is 28.7. The van der Waals surface area contributed by atoms with Gasteiger partial charge in [0.1, 0.15) is 6.04 Å². The third kappa shape index (κ3) is 19.6. The summed E-state index contributed by atoms with van der Waals surface area (Å²) in [6, 6.07) is 16.8. The highest BCUT2D eigenvalue weighted by Gasteiger charge is 2.19. The van der Waals surface area contributed by atoms with Gasteiger partial charge in [0.2, 0.25) is 11.8 Å². The molecule has 0 bridgehead atoms. The second-order valence-corrected chi connectivity index (χ2v) is 11.7. The third-order valence-corrected chi connectivity index (χ3v) is 6.55. The Labute approximate surface area is 263 Å². The molecule has 242 valence electrons. The Bertz CT molecular complexity index is 1030. The molecule has 2 unspecified atom stereocenters. The zero-order chi connectivity index (χ0) is 32.6. The molecule has 1 aliphatic rings. The maximum atomic E-state index is 12.5. The van der Waals surface area contributed by atoms with Gasteiger partial charge in [-0.25, -0.2) is 0 Å². The van der Waals surface area contributed by atoms with Gasteiger partial charge in [0.05, 0.1) is 6.54 Å². The van der Waals surface area contributed by atoms with Crippen molar-refractivity contribution in [3.63, 3.8) is 0 Å². The molecule has 0 radical (unpaired) electrons. The van der Waals surface area contributed by atoms with Crippen LogP contribution in [0.3, 0.4) is 0 Å². The largest absolute Gasteiger partial charge is 0.379 e. The number of aryl methyl sites for hydroxylation is 3. The van der Waals surface area contributed by atoms with Crippen LogP contribution in [0.1, 0.15) is 96.4 Å². The summed E-state index contributed by atoms with van der Waals surface area (Å²) in [5.41, 5.74) is 6.15. The first-order valence-corrected chi connectivity index (χ1v) is 16.3. The number of hydrogen-bond acceptors (Lipinski definition) is 4. The molecule has 6 heteroatoms. The summed E-state index contributed by atoms with van der Waals surface area (Å²) in [6.07, 6.45) is 5.99. The molecule has 0 spiro atoms. The van der Waals surface area contributed by atoms with Crippen molar-refractivity contribution in [2.45, 2.75) is 113 Å². The number of carbonyl (C=O) groups is 2. The van der Waals surface area contributed by atoms with E-state index in [4.69, 9.17) is 0 Å². The van der Waals surface area contributed by atoms with Crippen LogP contribution in [0.2, 0.25) is 0 Å². The Morgan fingerprint density at radius 1 is 0.814 bits per heavy atom. The van der Waals surface area contributed by atoms with Gasteiger partial charge in [0.25, 0.3) is 0 Å². The average molecular weight is 595 g/mol. The van der Waals surface area contributed by atoms with Crippen molar-refractivity contribution in [2.75, 3.05) is 19.6 Å². The highest BCUT2D eigenvalue weighted by atomic mass is 16.2. The summed E-state index contributed by atoms with van der Waals surface area (Å²) in [5.74, 6) is -0.0200. The van der Waals surface area contributed by atoms with E-state index in [0.717, 1.165) is 25.0 Å². The predicted octanol–water partition coefficient (Wildman–Crippen LogP) is 7.04. The summed E-state index contributed by atoms with van der Waals surface area (Å²) >= 11 is 0. The lowest BCUT2D eigenvalue weighted by molar-refractivity contribution is -0.128. The first-order chi connectivity index (χ1) is 20.5. The standard InChI is InChI=1S/C23H36N4O2.C8H10.2C3H8/c1-5-21-23(29)26-13-16(2)12-20-9-7-6-8-19(20)11-10-17(3)24-14-18(4)25-15-22(28)27-21;1-7-4-3-5-8(2)6-7;2*1-3-2/h6-9,16-17,21,24-25H,4-5,10-15H2,1-3H3,(H,26,29)(H,27,28);3-6H,1-2H3;2*3H2,1-2H3/t16?,17-,21?;;;/m0.../s1. The van der Waals surface area contributed by atoms with E-state index in [2.05, 4.69) is 132 Å². The van der Waals surface area contributed by atoms with Crippen molar-refractivity contribution < 1.29 is 9.59 Å². The Morgan fingerprint density at radius 2 is 1.40 bits per heavy atom. The number of nitrogens with one attached hydrogen (secondary N) is 4. The maximum Gasteiger partial charge on any atom is 0.242 e. The van der Waals surface area contributed by atoms with Crippen molar-refractivity contribution in [2.24, 2.45) is 5.92 Å². The molecule has 2 amide bonds. The van der Waals surface area contributed by atoms with Gasteiger partial charge in [-0.05, 0) is 63.5 Å². The van der Waals surface area contributed by atoms with Crippen LogP contribution >= 0.6 is 0 Å². The van der Waals surface area contributed by atoms with Gasteiger partial charge >= 0.3 is 0 Å². The minimum Gasteiger partial charge on any atom is -0.379 e. The monoisotopic (exact) mass is 594 g/mol. The molecule has 0 aliphatic carbocycles. The van der Waals surface area contributed by atoms with E-state index in [9.17, 15) is 9.59 Å². The fourth-order valence-corrected chi connectivity index (χ4v) is 4.29. The molecule has 0 saturated carbocycles. The Morgan fingerprint density at radius 3 is 1.93 bits per heavy atom. The quantitative estimate of drug-likeness (QED) is 0.285. The summed E-state index contributed by atoms with van der Waals surface area (Å²) in [7, 11) is 0. The minimum absolute atomic E-state index is 0.114. The zero-order valence-electron chi connectivity index (χ0n) is 28.7. The summed E-state index contributed by atoms with van der Waals surface area (Å²) in [4.78, 5) is 24.7. The van der Waals surface area contributed by atoms with Crippen molar-refractivity contribution >= 4 is 11.8 Å². The lowest BCUT2D eigenvalue weighted by Gasteiger charge is -2.21. The van der Waals surface area contributed by atoms with E-state index >= 15 is 0 Å². The van der Waals surface area contributed by atoms with Gasteiger partial charge in [-0.3, -0.25) is 9.59 Å². The summed E-state index contributed by atoms with van der Waals surface area (Å²) in [5, 5.41) is 12.3. The topological polar surface area (TPSA) is 82.3 Å². The van der Waals surface area contributed by atoms with Crippen molar-refractivity contribution in [1.29, 1.82) is 0 Å². The van der Waals surface area contributed by atoms with Gasteiger partial charge in [-0.1, -0.05) is 121 Å². The van der Waals surface area contributed by atoms with Crippen LogP contribution in [0.4, 0.5) is 0 Å².